The summed E-state index contributed by atoms with van der Waals surface area (Å²) in [5.41, 5.74) is 1.01. The van der Waals surface area contributed by atoms with Crippen molar-refractivity contribution in [3.8, 4) is 5.88 Å². The minimum Gasteiger partial charge on any atom is -0.480 e. The summed E-state index contributed by atoms with van der Waals surface area (Å²) >= 11 is 0. The Labute approximate surface area is 90.9 Å². The number of aromatic nitrogens is 1. The molecule has 0 amide bonds. The largest absolute Gasteiger partial charge is 0.480 e. The molecule has 3 heteroatoms. The molecule has 0 unspecified atom stereocenters. The SMILES string of the molecule is COc1ncccc1N[C@@H]1CC[C@H](C)C1. The zero-order chi connectivity index (χ0) is 10.7. The summed E-state index contributed by atoms with van der Waals surface area (Å²) < 4.78 is 5.21. The predicted octanol–water partition coefficient (Wildman–Crippen LogP) is 2.69. The number of anilines is 1. The molecule has 82 valence electrons. The van der Waals surface area contributed by atoms with Crippen LogP contribution in [0.5, 0.6) is 5.88 Å². The molecule has 1 aliphatic carbocycles. The van der Waals surface area contributed by atoms with Crippen LogP contribution in [0.2, 0.25) is 0 Å². The summed E-state index contributed by atoms with van der Waals surface area (Å²) in [6.45, 7) is 2.31. The number of nitrogens with zero attached hydrogens (tertiary/aromatic N) is 1. The van der Waals surface area contributed by atoms with Crippen LogP contribution in [0.15, 0.2) is 18.3 Å². The van der Waals surface area contributed by atoms with Crippen molar-refractivity contribution in [1.82, 2.24) is 4.98 Å². The highest BCUT2D eigenvalue weighted by atomic mass is 16.5. The van der Waals surface area contributed by atoms with Crippen LogP contribution in [0.3, 0.4) is 0 Å². The van der Waals surface area contributed by atoms with E-state index in [9.17, 15) is 0 Å². The van der Waals surface area contributed by atoms with Gasteiger partial charge in [-0.05, 0) is 37.3 Å². The van der Waals surface area contributed by atoms with Crippen molar-refractivity contribution in [1.29, 1.82) is 0 Å². The number of pyridine rings is 1. The second-order valence-electron chi connectivity index (χ2n) is 4.32. The van der Waals surface area contributed by atoms with Crippen molar-refractivity contribution >= 4 is 5.69 Å². The normalized spacial score (nSPS) is 25.2. The number of hydrogen-bond acceptors (Lipinski definition) is 3. The van der Waals surface area contributed by atoms with Crippen LogP contribution >= 0.6 is 0 Å². The van der Waals surface area contributed by atoms with E-state index in [2.05, 4.69) is 17.2 Å². The van der Waals surface area contributed by atoms with Gasteiger partial charge < -0.3 is 10.1 Å². The van der Waals surface area contributed by atoms with Gasteiger partial charge in [0.25, 0.3) is 0 Å². The Hall–Kier alpha value is -1.25. The number of methoxy groups -OCH3 is 1. The quantitative estimate of drug-likeness (QED) is 0.825. The zero-order valence-corrected chi connectivity index (χ0v) is 9.36. The predicted molar refractivity (Wildman–Crippen MR) is 61.2 cm³/mol. The highest BCUT2D eigenvalue weighted by Gasteiger charge is 2.21. The van der Waals surface area contributed by atoms with Gasteiger partial charge in [-0.15, -0.1) is 0 Å². The van der Waals surface area contributed by atoms with Crippen LogP contribution in [0, 0.1) is 5.92 Å². The molecule has 15 heavy (non-hydrogen) atoms. The highest BCUT2D eigenvalue weighted by molar-refractivity contribution is 5.52. The first kappa shape index (κ1) is 10.3. The third-order valence-corrected chi connectivity index (χ3v) is 3.02. The first-order valence-corrected chi connectivity index (χ1v) is 5.55. The Kier molecular flexibility index (Phi) is 3.09. The Balaban J connectivity index is 2.04. The zero-order valence-electron chi connectivity index (χ0n) is 9.36. The number of nitrogens with one attached hydrogen (secondary N) is 1. The molecule has 1 aliphatic rings. The van der Waals surface area contributed by atoms with Crippen molar-refractivity contribution in [2.45, 2.75) is 32.2 Å². The van der Waals surface area contributed by atoms with Gasteiger partial charge in [-0.1, -0.05) is 6.92 Å². The van der Waals surface area contributed by atoms with Gasteiger partial charge in [0.1, 0.15) is 0 Å². The number of rotatable bonds is 3. The van der Waals surface area contributed by atoms with Crippen LogP contribution in [-0.2, 0) is 0 Å². The lowest BCUT2D eigenvalue weighted by molar-refractivity contribution is 0.399. The maximum absolute atomic E-state index is 5.21. The van der Waals surface area contributed by atoms with Gasteiger partial charge in [-0.2, -0.15) is 0 Å². The van der Waals surface area contributed by atoms with E-state index in [0.717, 1.165) is 11.6 Å². The molecule has 0 spiro atoms. The van der Waals surface area contributed by atoms with Crippen LogP contribution in [0.1, 0.15) is 26.2 Å². The molecule has 1 saturated carbocycles. The Bertz CT molecular complexity index is 327. The fourth-order valence-electron chi connectivity index (χ4n) is 2.22. The maximum atomic E-state index is 5.21. The molecule has 1 N–H and O–H groups in total. The van der Waals surface area contributed by atoms with Gasteiger partial charge >= 0.3 is 0 Å². The fraction of sp³-hybridized carbons (Fsp3) is 0.583. The lowest BCUT2D eigenvalue weighted by atomic mass is 10.1. The lowest BCUT2D eigenvalue weighted by Crippen LogP contribution is -2.16. The molecular weight excluding hydrogens is 188 g/mol. The second-order valence-corrected chi connectivity index (χ2v) is 4.32. The van der Waals surface area contributed by atoms with E-state index in [1.54, 1.807) is 13.3 Å². The van der Waals surface area contributed by atoms with Gasteiger partial charge in [0, 0.05) is 12.2 Å². The molecule has 0 bridgehead atoms. The van der Waals surface area contributed by atoms with Crippen LogP contribution in [0.4, 0.5) is 5.69 Å². The molecule has 1 fully saturated rings. The summed E-state index contributed by atoms with van der Waals surface area (Å²) in [7, 11) is 1.66. The molecule has 0 radical (unpaired) electrons. The molecule has 0 aromatic carbocycles. The summed E-state index contributed by atoms with van der Waals surface area (Å²) in [4.78, 5) is 4.17. The Morgan fingerprint density at radius 1 is 1.47 bits per heavy atom. The third-order valence-electron chi connectivity index (χ3n) is 3.02. The van der Waals surface area contributed by atoms with Crippen molar-refractivity contribution in [2.75, 3.05) is 12.4 Å². The lowest BCUT2D eigenvalue weighted by Gasteiger charge is -2.15. The summed E-state index contributed by atoms with van der Waals surface area (Å²) in [5.74, 6) is 1.53. The summed E-state index contributed by atoms with van der Waals surface area (Å²) in [5, 5.41) is 3.50. The van der Waals surface area contributed by atoms with Crippen LogP contribution < -0.4 is 10.1 Å². The first-order valence-electron chi connectivity index (χ1n) is 5.55. The van der Waals surface area contributed by atoms with E-state index in [4.69, 9.17) is 4.74 Å². The molecule has 1 aromatic rings. The Morgan fingerprint density at radius 3 is 3.00 bits per heavy atom. The smallest absolute Gasteiger partial charge is 0.237 e. The van der Waals surface area contributed by atoms with E-state index >= 15 is 0 Å². The molecule has 0 saturated heterocycles. The summed E-state index contributed by atoms with van der Waals surface area (Å²) in [6.07, 6.45) is 5.57. The van der Waals surface area contributed by atoms with Crippen LogP contribution in [0.25, 0.3) is 0 Å². The Morgan fingerprint density at radius 2 is 2.33 bits per heavy atom. The first-order chi connectivity index (χ1) is 7.29. The van der Waals surface area contributed by atoms with Gasteiger partial charge in [0.05, 0.1) is 12.8 Å². The maximum Gasteiger partial charge on any atom is 0.237 e. The highest BCUT2D eigenvalue weighted by Crippen LogP contribution is 2.29. The fourth-order valence-corrected chi connectivity index (χ4v) is 2.22. The van der Waals surface area contributed by atoms with E-state index in [1.165, 1.54) is 19.3 Å². The standard InChI is InChI=1S/C12H18N2O/c1-9-5-6-10(8-9)14-11-4-3-7-13-12(11)15-2/h3-4,7,9-10,14H,5-6,8H2,1-2H3/t9-,10+/m0/s1. The molecule has 3 nitrogen and oxygen atoms in total. The molecule has 0 aliphatic heterocycles. The third kappa shape index (κ3) is 2.41. The van der Waals surface area contributed by atoms with Gasteiger partial charge in [0.15, 0.2) is 0 Å². The van der Waals surface area contributed by atoms with E-state index < -0.39 is 0 Å². The number of hydrogen-bond donors (Lipinski definition) is 1. The second kappa shape index (κ2) is 4.51. The minimum atomic E-state index is 0.582. The average molecular weight is 206 g/mol. The van der Waals surface area contributed by atoms with E-state index in [-0.39, 0.29) is 0 Å². The van der Waals surface area contributed by atoms with Crippen molar-refractivity contribution in [3.05, 3.63) is 18.3 Å². The molecule has 2 atom stereocenters. The van der Waals surface area contributed by atoms with Crippen molar-refractivity contribution < 1.29 is 4.74 Å². The van der Waals surface area contributed by atoms with Gasteiger partial charge in [0.2, 0.25) is 5.88 Å². The molecule has 1 heterocycles. The molecular formula is C12H18N2O. The number of ether oxygens (including phenoxy) is 1. The van der Waals surface area contributed by atoms with Gasteiger partial charge in [-0.3, -0.25) is 0 Å². The van der Waals surface area contributed by atoms with Crippen molar-refractivity contribution in [3.63, 3.8) is 0 Å². The van der Waals surface area contributed by atoms with Crippen molar-refractivity contribution in [2.24, 2.45) is 5.92 Å². The monoisotopic (exact) mass is 206 g/mol. The van der Waals surface area contributed by atoms with E-state index in [0.29, 0.717) is 11.9 Å². The van der Waals surface area contributed by atoms with Gasteiger partial charge in [-0.25, -0.2) is 4.98 Å². The van der Waals surface area contributed by atoms with Crippen LogP contribution in [-0.4, -0.2) is 18.1 Å². The average Bonchev–Trinajstić information content (AvgIpc) is 2.65. The summed E-state index contributed by atoms with van der Waals surface area (Å²) in [6, 6.07) is 4.54. The molecule has 1 aromatic heterocycles. The van der Waals surface area contributed by atoms with E-state index in [1.807, 2.05) is 12.1 Å². The molecule has 2 rings (SSSR count). The minimum absolute atomic E-state index is 0.582. The topological polar surface area (TPSA) is 34.1 Å².